The predicted molar refractivity (Wildman–Crippen MR) is 70.3 cm³/mol. The van der Waals surface area contributed by atoms with Gasteiger partial charge in [0.25, 0.3) is 5.91 Å². The molecule has 1 aliphatic rings. The van der Waals surface area contributed by atoms with Gasteiger partial charge in [0.15, 0.2) is 6.61 Å². The maximum atomic E-state index is 12.1. The van der Waals surface area contributed by atoms with Crippen molar-refractivity contribution < 1.29 is 9.53 Å². The van der Waals surface area contributed by atoms with E-state index >= 15 is 0 Å². The molecule has 2 rings (SSSR count). The summed E-state index contributed by atoms with van der Waals surface area (Å²) in [5.41, 5.74) is 5.70. The fraction of sp³-hybridized carbons (Fsp3) is 0.500. The fourth-order valence-electron chi connectivity index (χ4n) is 2.32. The summed E-state index contributed by atoms with van der Waals surface area (Å²) >= 11 is 0. The van der Waals surface area contributed by atoms with Gasteiger partial charge in [-0.1, -0.05) is 18.2 Å². The maximum Gasteiger partial charge on any atom is 0.260 e. The average Bonchev–Trinajstić information content (AvgIpc) is 2.45. The van der Waals surface area contributed by atoms with E-state index in [2.05, 4.69) is 0 Å². The minimum Gasteiger partial charge on any atom is -0.484 e. The van der Waals surface area contributed by atoms with Gasteiger partial charge in [0.05, 0.1) is 0 Å². The van der Waals surface area contributed by atoms with Crippen LogP contribution in [0.3, 0.4) is 0 Å². The highest BCUT2D eigenvalue weighted by Gasteiger charge is 2.25. The molecule has 0 saturated carbocycles. The first-order chi connectivity index (χ1) is 8.81. The van der Waals surface area contributed by atoms with Gasteiger partial charge < -0.3 is 15.4 Å². The van der Waals surface area contributed by atoms with Crippen LogP contribution in [0.25, 0.3) is 0 Å². The third-order valence-corrected chi connectivity index (χ3v) is 3.33. The fourth-order valence-corrected chi connectivity index (χ4v) is 2.32. The number of likely N-dealkylation sites (tertiary alicyclic amines) is 1. The van der Waals surface area contributed by atoms with Crippen LogP contribution in [0, 0.1) is 0 Å². The minimum absolute atomic E-state index is 0.0361. The van der Waals surface area contributed by atoms with E-state index in [0.29, 0.717) is 6.54 Å². The Morgan fingerprint density at radius 2 is 2.11 bits per heavy atom. The molecule has 0 aromatic heterocycles. The van der Waals surface area contributed by atoms with E-state index in [9.17, 15) is 4.79 Å². The Morgan fingerprint density at radius 1 is 1.33 bits per heavy atom. The normalized spacial score (nSPS) is 19.6. The van der Waals surface area contributed by atoms with Crippen LogP contribution < -0.4 is 10.5 Å². The summed E-state index contributed by atoms with van der Waals surface area (Å²) in [5.74, 6) is 0.765. The smallest absolute Gasteiger partial charge is 0.260 e. The first-order valence-electron chi connectivity index (χ1n) is 6.48. The number of nitrogens with two attached hydrogens (primary N) is 1. The summed E-state index contributed by atoms with van der Waals surface area (Å²) in [4.78, 5) is 14.0. The quantitative estimate of drug-likeness (QED) is 0.876. The predicted octanol–water partition coefficient (Wildman–Crippen LogP) is 1.41. The van der Waals surface area contributed by atoms with Gasteiger partial charge in [-0.05, 0) is 31.4 Å². The Morgan fingerprint density at radius 3 is 2.83 bits per heavy atom. The molecule has 0 radical (unpaired) electrons. The summed E-state index contributed by atoms with van der Waals surface area (Å²) in [6.45, 7) is 1.44. The van der Waals surface area contributed by atoms with Gasteiger partial charge in [-0.2, -0.15) is 0 Å². The average molecular weight is 248 g/mol. The van der Waals surface area contributed by atoms with Crippen molar-refractivity contribution in [2.75, 3.05) is 19.7 Å². The third-order valence-electron chi connectivity index (χ3n) is 3.33. The van der Waals surface area contributed by atoms with Gasteiger partial charge in [0.2, 0.25) is 0 Å². The van der Waals surface area contributed by atoms with Crippen molar-refractivity contribution in [1.82, 2.24) is 4.90 Å². The second-order valence-corrected chi connectivity index (χ2v) is 4.57. The molecule has 4 heteroatoms. The largest absolute Gasteiger partial charge is 0.484 e. The summed E-state index contributed by atoms with van der Waals surface area (Å²) in [6.07, 6.45) is 3.23. The first-order valence-corrected chi connectivity index (χ1v) is 6.48. The summed E-state index contributed by atoms with van der Waals surface area (Å²) in [6, 6.07) is 9.59. The van der Waals surface area contributed by atoms with E-state index in [0.717, 1.165) is 31.6 Å². The number of hydrogen-bond donors (Lipinski definition) is 1. The first kappa shape index (κ1) is 12.9. The van der Waals surface area contributed by atoms with Gasteiger partial charge in [-0.25, -0.2) is 0 Å². The van der Waals surface area contributed by atoms with Crippen LogP contribution in [0.15, 0.2) is 30.3 Å². The zero-order valence-corrected chi connectivity index (χ0v) is 10.5. The van der Waals surface area contributed by atoms with Crippen LogP contribution in [-0.2, 0) is 4.79 Å². The molecule has 0 spiro atoms. The van der Waals surface area contributed by atoms with E-state index in [4.69, 9.17) is 10.5 Å². The summed E-state index contributed by atoms with van der Waals surface area (Å²) in [5, 5.41) is 0. The van der Waals surface area contributed by atoms with Crippen molar-refractivity contribution in [3.8, 4) is 5.75 Å². The molecule has 1 aliphatic heterocycles. The van der Waals surface area contributed by atoms with Gasteiger partial charge in [-0.3, -0.25) is 4.79 Å². The number of amides is 1. The van der Waals surface area contributed by atoms with E-state index in [-0.39, 0.29) is 18.6 Å². The number of benzene rings is 1. The second-order valence-electron chi connectivity index (χ2n) is 4.57. The van der Waals surface area contributed by atoms with Crippen molar-refractivity contribution in [3.63, 3.8) is 0 Å². The van der Waals surface area contributed by atoms with Crippen LogP contribution in [0.2, 0.25) is 0 Å². The number of piperidine rings is 1. The Balaban J connectivity index is 1.87. The number of ether oxygens (including phenoxy) is 1. The molecule has 1 fully saturated rings. The zero-order chi connectivity index (χ0) is 12.8. The van der Waals surface area contributed by atoms with Crippen LogP contribution in [0.5, 0.6) is 5.75 Å². The van der Waals surface area contributed by atoms with Crippen LogP contribution in [-0.4, -0.2) is 36.5 Å². The molecule has 1 amide bonds. The van der Waals surface area contributed by atoms with Crippen molar-refractivity contribution in [2.45, 2.75) is 25.3 Å². The zero-order valence-electron chi connectivity index (χ0n) is 10.5. The van der Waals surface area contributed by atoms with Crippen molar-refractivity contribution >= 4 is 5.91 Å². The highest BCUT2D eigenvalue weighted by molar-refractivity contribution is 5.78. The van der Waals surface area contributed by atoms with Crippen LogP contribution >= 0.6 is 0 Å². The number of carbonyl (C=O) groups is 1. The lowest BCUT2D eigenvalue weighted by molar-refractivity contribution is -0.136. The molecule has 0 aliphatic carbocycles. The summed E-state index contributed by atoms with van der Waals surface area (Å²) < 4.78 is 5.48. The summed E-state index contributed by atoms with van der Waals surface area (Å²) in [7, 11) is 0. The topological polar surface area (TPSA) is 55.6 Å². The van der Waals surface area contributed by atoms with Crippen LogP contribution in [0.4, 0.5) is 0 Å². The number of carbonyl (C=O) groups excluding carboxylic acids is 1. The number of hydrogen-bond acceptors (Lipinski definition) is 3. The molecule has 2 N–H and O–H groups in total. The van der Waals surface area contributed by atoms with Crippen molar-refractivity contribution in [1.29, 1.82) is 0 Å². The molecule has 18 heavy (non-hydrogen) atoms. The molecule has 4 nitrogen and oxygen atoms in total. The van der Waals surface area contributed by atoms with E-state index in [1.54, 1.807) is 0 Å². The lowest BCUT2D eigenvalue weighted by Crippen LogP contribution is -2.49. The van der Waals surface area contributed by atoms with Crippen LogP contribution in [0.1, 0.15) is 19.3 Å². The van der Waals surface area contributed by atoms with Gasteiger partial charge in [0, 0.05) is 19.1 Å². The standard InChI is InChI=1S/C14H20N2O2/c15-10-12-6-4-5-9-16(12)14(17)11-18-13-7-2-1-3-8-13/h1-3,7-8,12H,4-6,9-11,15H2. The van der Waals surface area contributed by atoms with Gasteiger partial charge >= 0.3 is 0 Å². The lowest BCUT2D eigenvalue weighted by Gasteiger charge is -2.34. The van der Waals surface area contributed by atoms with Gasteiger partial charge in [-0.15, -0.1) is 0 Å². The molecule has 1 aromatic rings. The molecule has 1 saturated heterocycles. The Bertz CT molecular complexity index is 381. The number of nitrogens with zero attached hydrogens (tertiary/aromatic N) is 1. The molecular weight excluding hydrogens is 228 g/mol. The Kier molecular flexibility index (Phi) is 4.59. The lowest BCUT2D eigenvalue weighted by atomic mass is 10.0. The highest BCUT2D eigenvalue weighted by Crippen LogP contribution is 2.16. The molecule has 98 valence electrons. The SMILES string of the molecule is NCC1CCCCN1C(=O)COc1ccccc1. The van der Waals surface area contributed by atoms with Crippen molar-refractivity contribution in [2.24, 2.45) is 5.73 Å². The number of rotatable bonds is 4. The Hall–Kier alpha value is -1.55. The Labute approximate surface area is 108 Å². The minimum atomic E-state index is 0.0361. The molecule has 0 bridgehead atoms. The van der Waals surface area contributed by atoms with E-state index < -0.39 is 0 Å². The molecule has 1 heterocycles. The molecule has 1 aromatic carbocycles. The number of para-hydroxylation sites is 1. The van der Waals surface area contributed by atoms with Gasteiger partial charge in [0.1, 0.15) is 5.75 Å². The van der Waals surface area contributed by atoms with Crippen molar-refractivity contribution in [3.05, 3.63) is 30.3 Å². The molecular formula is C14H20N2O2. The van der Waals surface area contributed by atoms with E-state index in [1.807, 2.05) is 35.2 Å². The monoisotopic (exact) mass is 248 g/mol. The molecule has 1 atom stereocenters. The molecule has 1 unspecified atom stereocenters. The maximum absolute atomic E-state index is 12.1. The van der Waals surface area contributed by atoms with E-state index in [1.165, 1.54) is 0 Å². The third kappa shape index (κ3) is 3.23. The highest BCUT2D eigenvalue weighted by atomic mass is 16.5. The second kappa shape index (κ2) is 6.40.